The van der Waals surface area contributed by atoms with E-state index in [4.69, 9.17) is 5.73 Å². The van der Waals surface area contributed by atoms with Crippen molar-refractivity contribution in [2.45, 2.75) is 13.3 Å². The molecule has 0 spiro atoms. The predicted molar refractivity (Wildman–Crippen MR) is 49.9 cm³/mol. The number of nitrogens with two attached hydrogens (primary N) is 1. The van der Waals surface area contributed by atoms with E-state index in [2.05, 4.69) is 17.1 Å². The monoisotopic (exact) mass is 173 g/mol. The molecule has 0 saturated heterocycles. The molecular weight excluding hydrogens is 154 g/mol. The Hall–Kier alpha value is -0.610. The van der Waals surface area contributed by atoms with Crippen molar-refractivity contribution in [1.29, 1.82) is 0 Å². The maximum Gasteiger partial charge on any atom is 0.221 e. The molecule has 0 radical (unpaired) electrons. The van der Waals surface area contributed by atoms with Crippen LogP contribution < -0.4 is 11.1 Å². The molecule has 0 aliphatic heterocycles. The molecule has 0 aliphatic rings. The van der Waals surface area contributed by atoms with Gasteiger partial charge in [0.25, 0.3) is 0 Å². The summed E-state index contributed by atoms with van der Waals surface area (Å²) in [5.74, 6) is 0.0435. The van der Waals surface area contributed by atoms with Crippen molar-refractivity contribution in [1.82, 2.24) is 10.2 Å². The highest BCUT2D eigenvalue weighted by Gasteiger charge is 1.98. The molecule has 0 fully saturated rings. The smallest absolute Gasteiger partial charge is 0.221 e. The highest BCUT2D eigenvalue weighted by atomic mass is 16.1. The van der Waals surface area contributed by atoms with Crippen molar-refractivity contribution >= 4 is 5.91 Å². The van der Waals surface area contributed by atoms with Crippen molar-refractivity contribution in [2.24, 2.45) is 5.73 Å². The Morgan fingerprint density at radius 3 is 2.75 bits per heavy atom. The van der Waals surface area contributed by atoms with Crippen molar-refractivity contribution in [3.63, 3.8) is 0 Å². The van der Waals surface area contributed by atoms with Gasteiger partial charge in [0.2, 0.25) is 5.91 Å². The largest absolute Gasteiger partial charge is 0.355 e. The average Bonchev–Trinajstić information content (AvgIpc) is 2.04. The summed E-state index contributed by atoms with van der Waals surface area (Å²) in [6.07, 6.45) is 0.426. The number of rotatable bonds is 6. The normalized spacial score (nSPS) is 10.3. The van der Waals surface area contributed by atoms with Gasteiger partial charge in [-0.15, -0.1) is 0 Å². The van der Waals surface area contributed by atoms with E-state index in [1.165, 1.54) is 0 Å². The van der Waals surface area contributed by atoms with Crippen LogP contribution in [0.2, 0.25) is 0 Å². The lowest BCUT2D eigenvalue weighted by Crippen LogP contribution is -2.33. The third-order valence-corrected chi connectivity index (χ3v) is 1.73. The molecule has 0 aliphatic carbocycles. The van der Waals surface area contributed by atoms with Crippen LogP contribution in [0.15, 0.2) is 0 Å². The second-order valence-electron chi connectivity index (χ2n) is 2.78. The fourth-order valence-corrected chi connectivity index (χ4v) is 0.764. The van der Waals surface area contributed by atoms with Gasteiger partial charge in [-0.25, -0.2) is 0 Å². The van der Waals surface area contributed by atoms with Crippen molar-refractivity contribution in [3.05, 3.63) is 0 Å². The average molecular weight is 173 g/mol. The first-order valence-corrected chi connectivity index (χ1v) is 4.36. The summed E-state index contributed by atoms with van der Waals surface area (Å²) in [7, 11) is 2.02. The first kappa shape index (κ1) is 11.4. The highest BCUT2D eigenvalue weighted by Crippen LogP contribution is 1.79. The maximum atomic E-state index is 10.9. The number of nitrogens with zero attached hydrogens (tertiary/aromatic N) is 1. The standard InChI is InChI=1S/C8H19N3O/c1-3-11(2)7-6-10-8(12)4-5-9/h3-7,9H2,1-2H3,(H,10,12). The SMILES string of the molecule is CCN(C)CCNC(=O)CCN. The van der Waals surface area contributed by atoms with Gasteiger partial charge in [0.15, 0.2) is 0 Å². The van der Waals surface area contributed by atoms with Crippen LogP contribution in [-0.2, 0) is 4.79 Å². The number of hydrogen-bond acceptors (Lipinski definition) is 3. The summed E-state index contributed by atoms with van der Waals surface area (Å²) in [6.45, 7) is 5.12. The molecule has 0 unspecified atom stereocenters. The first-order valence-electron chi connectivity index (χ1n) is 4.36. The van der Waals surface area contributed by atoms with E-state index in [0.717, 1.165) is 13.1 Å². The van der Waals surface area contributed by atoms with Gasteiger partial charge in [0.05, 0.1) is 0 Å². The Bertz CT molecular complexity index is 127. The molecule has 4 nitrogen and oxygen atoms in total. The zero-order chi connectivity index (χ0) is 9.40. The van der Waals surface area contributed by atoms with E-state index in [-0.39, 0.29) is 5.91 Å². The van der Waals surface area contributed by atoms with E-state index in [0.29, 0.717) is 19.5 Å². The molecule has 3 N–H and O–H groups in total. The van der Waals surface area contributed by atoms with Crippen molar-refractivity contribution in [2.75, 3.05) is 33.2 Å². The summed E-state index contributed by atoms with van der Waals surface area (Å²) in [5, 5.41) is 2.79. The molecule has 0 bridgehead atoms. The Balaban J connectivity index is 3.24. The Morgan fingerprint density at radius 2 is 2.25 bits per heavy atom. The van der Waals surface area contributed by atoms with Gasteiger partial charge in [0.1, 0.15) is 0 Å². The molecule has 4 heteroatoms. The molecular formula is C8H19N3O. The van der Waals surface area contributed by atoms with Crippen LogP contribution in [0.5, 0.6) is 0 Å². The minimum absolute atomic E-state index is 0.0435. The molecule has 1 amide bonds. The van der Waals surface area contributed by atoms with Gasteiger partial charge in [-0.2, -0.15) is 0 Å². The molecule has 0 heterocycles. The van der Waals surface area contributed by atoms with Crippen molar-refractivity contribution in [3.8, 4) is 0 Å². The summed E-state index contributed by atoms with van der Waals surface area (Å²) in [5.41, 5.74) is 5.22. The lowest BCUT2D eigenvalue weighted by atomic mass is 10.4. The van der Waals surface area contributed by atoms with E-state index in [1.807, 2.05) is 7.05 Å². The number of nitrogens with one attached hydrogen (secondary N) is 1. The number of carbonyl (C=O) groups is 1. The van der Waals surface area contributed by atoms with E-state index >= 15 is 0 Å². The number of carbonyl (C=O) groups excluding carboxylic acids is 1. The van der Waals surface area contributed by atoms with Crippen LogP contribution >= 0.6 is 0 Å². The molecule has 0 aromatic carbocycles. The number of likely N-dealkylation sites (N-methyl/N-ethyl adjacent to an activating group) is 1. The fraction of sp³-hybridized carbons (Fsp3) is 0.875. The van der Waals surface area contributed by atoms with Crippen LogP contribution in [-0.4, -0.2) is 44.0 Å². The maximum absolute atomic E-state index is 10.9. The second-order valence-corrected chi connectivity index (χ2v) is 2.78. The summed E-state index contributed by atoms with van der Waals surface area (Å²) < 4.78 is 0. The Kier molecular flexibility index (Phi) is 6.70. The third-order valence-electron chi connectivity index (χ3n) is 1.73. The molecule has 12 heavy (non-hydrogen) atoms. The second kappa shape index (κ2) is 7.06. The Morgan fingerprint density at radius 1 is 1.58 bits per heavy atom. The van der Waals surface area contributed by atoms with Crippen LogP contribution in [0, 0.1) is 0 Å². The minimum atomic E-state index is 0.0435. The van der Waals surface area contributed by atoms with Crippen LogP contribution in [0.1, 0.15) is 13.3 Å². The number of hydrogen-bond donors (Lipinski definition) is 2. The lowest BCUT2D eigenvalue weighted by Gasteiger charge is -2.13. The molecule has 0 saturated carbocycles. The summed E-state index contributed by atoms with van der Waals surface area (Å²) in [4.78, 5) is 13.0. The van der Waals surface area contributed by atoms with Gasteiger partial charge in [-0.1, -0.05) is 6.92 Å². The highest BCUT2D eigenvalue weighted by molar-refractivity contribution is 5.75. The molecule has 0 rings (SSSR count). The summed E-state index contributed by atoms with van der Waals surface area (Å²) in [6, 6.07) is 0. The van der Waals surface area contributed by atoms with E-state index in [1.54, 1.807) is 0 Å². The van der Waals surface area contributed by atoms with Gasteiger partial charge >= 0.3 is 0 Å². The quantitative estimate of drug-likeness (QED) is 0.564. The molecule has 0 atom stereocenters. The zero-order valence-electron chi connectivity index (χ0n) is 7.97. The lowest BCUT2D eigenvalue weighted by molar-refractivity contribution is -0.120. The molecule has 72 valence electrons. The van der Waals surface area contributed by atoms with Crippen LogP contribution in [0.4, 0.5) is 0 Å². The Labute approximate surface area is 74.1 Å². The van der Waals surface area contributed by atoms with Crippen LogP contribution in [0.25, 0.3) is 0 Å². The molecule has 0 aromatic rings. The van der Waals surface area contributed by atoms with Gasteiger partial charge in [-0.3, -0.25) is 4.79 Å². The fourth-order valence-electron chi connectivity index (χ4n) is 0.764. The van der Waals surface area contributed by atoms with Gasteiger partial charge in [-0.05, 0) is 13.6 Å². The van der Waals surface area contributed by atoms with E-state index < -0.39 is 0 Å². The topological polar surface area (TPSA) is 58.4 Å². The van der Waals surface area contributed by atoms with Crippen molar-refractivity contribution < 1.29 is 4.79 Å². The summed E-state index contributed by atoms with van der Waals surface area (Å²) >= 11 is 0. The first-order chi connectivity index (χ1) is 5.70. The predicted octanol–water partition coefficient (Wildman–Crippen LogP) is -0.597. The van der Waals surface area contributed by atoms with E-state index in [9.17, 15) is 4.79 Å². The third kappa shape index (κ3) is 6.12. The zero-order valence-corrected chi connectivity index (χ0v) is 7.97. The van der Waals surface area contributed by atoms with Gasteiger partial charge in [0, 0.05) is 26.1 Å². The van der Waals surface area contributed by atoms with Crippen LogP contribution in [0.3, 0.4) is 0 Å². The molecule has 0 aromatic heterocycles. The van der Waals surface area contributed by atoms with Gasteiger partial charge < -0.3 is 16.0 Å². The minimum Gasteiger partial charge on any atom is -0.355 e. The number of amides is 1.